The molecule has 2 heteroatoms. The van der Waals surface area contributed by atoms with Gasteiger partial charge in [-0.2, -0.15) is 0 Å². The van der Waals surface area contributed by atoms with Crippen molar-refractivity contribution in [2.75, 3.05) is 0 Å². The third-order valence-corrected chi connectivity index (χ3v) is 0. The summed E-state index contributed by atoms with van der Waals surface area (Å²) in [5, 5.41) is 0.389. The van der Waals surface area contributed by atoms with Gasteiger partial charge in [0.1, 0.15) is 0 Å². The van der Waals surface area contributed by atoms with Gasteiger partial charge in [0.15, 0.2) is 0 Å². The van der Waals surface area contributed by atoms with Gasteiger partial charge in [-0.05, 0) is 0 Å². The minimum Gasteiger partial charge on any atom is -0.227 e. The molecule has 0 aromatic carbocycles. The molecule has 0 aliphatic carbocycles. The largest absolute Gasteiger partial charge is 0.227 e. The average molecular weight is 164 g/mol. The summed E-state index contributed by atoms with van der Waals surface area (Å²) in [6.07, 6.45) is 0. The topological polar surface area (TPSA) is 0 Å². The van der Waals surface area contributed by atoms with Crippen molar-refractivity contribution in [3.05, 3.63) is 18.5 Å². The van der Waals surface area contributed by atoms with Gasteiger partial charge in [0.2, 0.25) is 0 Å². The summed E-state index contributed by atoms with van der Waals surface area (Å²) in [7, 11) is 0. The molecule has 1 radical (unpaired) electrons. The Bertz CT molecular complexity index is 29.9. The summed E-state index contributed by atoms with van der Waals surface area (Å²) in [6.45, 7) is 6.42. The second-order valence-electron chi connectivity index (χ2n) is 0.517. The number of hydrogen-bond donors (Lipinski definition) is 0. The Labute approximate surface area is 62.5 Å². The molecule has 0 aromatic rings. The molecule has 0 atom stereocenters. The molecule has 0 saturated carbocycles. The van der Waals surface area contributed by atoms with Crippen molar-refractivity contribution in [1.29, 1.82) is 0 Å². The second-order valence-corrected chi connectivity index (χ2v) is 1.05. The van der Waals surface area contributed by atoms with E-state index in [2.05, 4.69) is 13.5 Å². The summed E-state index contributed by atoms with van der Waals surface area (Å²) in [6, 6.07) is 0. The fraction of sp³-hybridized carbons (Fsp3) is 0. The van der Waals surface area contributed by atoms with E-state index in [0.29, 0.717) is 5.03 Å². The molecule has 0 heterocycles. The van der Waals surface area contributed by atoms with Gasteiger partial charge in [0.05, 0.1) is 0 Å². The molecule has 0 spiro atoms. The van der Waals surface area contributed by atoms with E-state index in [4.69, 9.17) is 11.6 Å². The Balaban J connectivity index is 0. The van der Waals surface area contributed by atoms with Gasteiger partial charge in [-0.3, -0.25) is 0 Å². The van der Waals surface area contributed by atoms with Crippen LogP contribution in [0.5, 0.6) is 0 Å². The van der Waals surface area contributed by atoms with Crippen LogP contribution in [0.4, 0.5) is 0 Å². The van der Waals surface area contributed by atoms with Gasteiger partial charge in [-0.15, -0.1) is 16.6 Å². The SMILES string of the molecule is C=C([CH2-])Cl.[Y]. The molecule has 0 amide bonds. The Morgan fingerprint density at radius 3 is 1.80 bits per heavy atom. The average Bonchev–Trinajstić information content (AvgIpc) is 0.811. The third-order valence-electron chi connectivity index (χ3n) is 0. The first-order chi connectivity index (χ1) is 1.73. The van der Waals surface area contributed by atoms with E-state index in [1.165, 1.54) is 0 Å². The van der Waals surface area contributed by atoms with Gasteiger partial charge in [-0.25, -0.2) is 13.5 Å². The predicted molar refractivity (Wildman–Crippen MR) is 20.3 cm³/mol. The van der Waals surface area contributed by atoms with Gasteiger partial charge in [0, 0.05) is 32.7 Å². The zero-order valence-corrected chi connectivity index (χ0v) is 6.46. The molecule has 0 fully saturated rings. The molecule has 0 nitrogen and oxygen atoms in total. The molecule has 0 aromatic heterocycles. The van der Waals surface area contributed by atoms with Crippen LogP contribution < -0.4 is 0 Å². The molecule has 0 bridgehead atoms. The van der Waals surface area contributed by atoms with Crippen LogP contribution >= 0.6 is 11.6 Å². The van der Waals surface area contributed by atoms with Gasteiger partial charge in [-0.1, -0.05) is 0 Å². The van der Waals surface area contributed by atoms with E-state index in [0.717, 1.165) is 0 Å². The molecular formula is C3H4ClY-. The fourth-order valence-electron chi connectivity index (χ4n) is 0. The van der Waals surface area contributed by atoms with Gasteiger partial charge in [0.25, 0.3) is 0 Å². The molecular weight excluding hydrogens is 160 g/mol. The first-order valence-electron chi connectivity index (χ1n) is 0.896. The first-order valence-corrected chi connectivity index (χ1v) is 1.27. The van der Waals surface area contributed by atoms with Crippen LogP contribution in [-0.4, -0.2) is 0 Å². The van der Waals surface area contributed by atoms with Crippen LogP contribution in [0.3, 0.4) is 0 Å². The second kappa shape index (κ2) is 5.00. The molecule has 0 saturated heterocycles. The molecule has 0 N–H and O–H groups in total. The normalized spacial score (nSPS) is 5.00. The zero-order chi connectivity index (χ0) is 3.58. The van der Waals surface area contributed by atoms with E-state index >= 15 is 0 Å². The standard InChI is InChI=1S/C3H4Cl.Y/c1-3(2)4;/h1-2H2;/q-1;. The predicted octanol–water partition coefficient (Wildman–Crippen LogP) is 1.57. The number of halogens is 1. The van der Waals surface area contributed by atoms with Crippen molar-refractivity contribution in [2.45, 2.75) is 0 Å². The summed E-state index contributed by atoms with van der Waals surface area (Å²) in [4.78, 5) is 0. The van der Waals surface area contributed by atoms with Crippen molar-refractivity contribution in [3.8, 4) is 0 Å². The molecule has 0 rings (SSSR count). The third kappa shape index (κ3) is 44.8. The van der Waals surface area contributed by atoms with Crippen molar-refractivity contribution >= 4 is 11.6 Å². The summed E-state index contributed by atoms with van der Waals surface area (Å²) >= 11 is 4.97. The molecule has 0 unspecified atom stereocenters. The molecule has 0 aliphatic heterocycles. The number of hydrogen-bond acceptors (Lipinski definition) is 0. The Kier molecular flexibility index (Phi) is 9.38. The van der Waals surface area contributed by atoms with Crippen LogP contribution in [0.15, 0.2) is 11.6 Å². The minimum absolute atomic E-state index is 0. The van der Waals surface area contributed by atoms with E-state index in [1.807, 2.05) is 0 Å². The van der Waals surface area contributed by atoms with Crippen LogP contribution in [0.25, 0.3) is 0 Å². The maximum atomic E-state index is 4.97. The maximum absolute atomic E-state index is 4.97. The molecule has 0 aliphatic rings. The summed E-state index contributed by atoms with van der Waals surface area (Å²) < 4.78 is 0. The summed E-state index contributed by atoms with van der Waals surface area (Å²) in [5.74, 6) is 0. The van der Waals surface area contributed by atoms with Crippen LogP contribution in [0, 0.1) is 6.92 Å². The van der Waals surface area contributed by atoms with E-state index in [9.17, 15) is 0 Å². The Morgan fingerprint density at radius 1 is 1.80 bits per heavy atom. The van der Waals surface area contributed by atoms with Crippen molar-refractivity contribution in [3.63, 3.8) is 0 Å². The molecule has 5 heavy (non-hydrogen) atoms. The number of allylic oxidation sites excluding steroid dienone is 1. The van der Waals surface area contributed by atoms with Crippen LogP contribution in [0.2, 0.25) is 0 Å². The number of rotatable bonds is 0. The van der Waals surface area contributed by atoms with Crippen molar-refractivity contribution < 1.29 is 32.7 Å². The zero-order valence-electron chi connectivity index (χ0n) is 2.87. The van der Waals surface area contributed by atoms with Crippen LogP contribution in [0.1, 0.15) is 0 Å². The quantitative estimate of drug-likeness (QED) is 0.477. The van der Waals surface area contributed by atoms with Crippen LogP contribution in [-0.2, 0) is 32.7 Å². The van der Waals surface area contributed by atoms with E-state index < -0.39 is 0 Å². The van der Waals surface area contributed by atoms with Gasteiger partial charge < -0.3 is 0 Å². The first kappa shape index (κ1) is 9.38. The van der Waals surface area contributed by atoms with Crippen molar-refractivity contribution in [2.24, 2.45) is 0 Å². The monoisotopic (exact) mass is 164 g/mol. The molecule has 27 valence electrons. The maximum Gasteiger partial charge on any atom is 0 e. The van der Waals surface area contributed by atoms with Crippen molar-refractivity contribution in [1.82, 2.24) is 0 Å². The van der Waals surface area contributed by atoms with E-state index in [1.54, 1.807) is 0 Å². The smallest absolute Gasteiger partial charge is 0 e. The van der Waals surface area contributed by atoms with Gasteiger partial charge >= 0.3 is 0 Å². The summed E-state index contributed by atoms with van der Waals surface area (Å²) in [5.41, 5.74) is 0. The Morgan fingerprint density at radius 2 is 1.80 bits per heavy atom. The Hall–Kier alpha value is 1.00. The van der Waals surface area contributed by atoms with E-state index in [-0.39, 0.29) is 32.7 Å². The fourth-order valence-corrected chi connectivity index (χ4v) is 0. The minimum atomic E-state index is 0.